The minimum atomic E-state index is -3.30. The molecule has 0 saturated heterocycles. The van der Waals surface area contributed by atoms with E-state index in [-0.39, 0.29) is 0 Å². The quantitative estimate of drug-likeness (QED) is 0.758. The van der Waals surface area contributed by atoms with E-state index in [1.165, 1.54) is 0 Å². The van der Waals surface area contributed by atoms with Gasteiger partial charge in [-0.1, -0.05) is 0 Å². The summed E-state index contributed by atoms with van der Waals surface area (Å²) < 4.78 is 21.8. The molecule has 0 saturated carbocycles. The van der Waals surface area contributed by atoms with Gasteiger partial charge in [0.15, 0.2) is 9.84 Å². The number of hydrogen-bond acceptors (Lipinski definition) is 4. The van der Waals surface area contributed by atoms with Crippen molar-refractivity contribution in [3.63, 3.8) is 0 Å². The van der Waals surface area contributed by atoms with Crippen LogP contribution in [0.1, 0.15) is 5.56 Å². The topological polar surface area (TPSA) is 89.3 Å². The number of nitrogens with one attached hydrogen (secondary N) is 1. The summed E-state index contributed by atoms with van der Waals surface area (Å²) in [6, 6.07) is 4.99. The zero-order valence-corrected chi connectivity index (χ0v) is 9.97. The zero-order chi connectivity index (χ0) is 12.3. The van der Waals surface area contributed by atoms with Crippen molar-refractivity contribution in [3.8, 4) is 0 Å². The lowest BCUT2D eigenvalue weighted by molar-refractivity contribution is -0.113. The first-order valence-electron chi connectivity index (χ1n) is 4.61. The first-order valence-corrected chi connectivity index (χ1v) is 6.68. The van der Waals surface area contributed by atoms with Crippen LogP contribution in [-0.2, 0) is 14.6 Å². The molecule has 0 fully saturated rings. The number of carbonyl (C=O) groups is 1. The number of benzene rings is 1. The second kappa shape index (κ2) is 4.52. The molecule has 16 heavy (non-hydrogen) atoms. The number of carbonyl (C=O) groups excluding carboxylic acids is 1. The Morgan fingerprint density at radius 1 is 1.44 bits per heavy atom. The van der Waals surface area contributed by atoms with Crippen molar-refractivity contribution in [2.24, 2.45) is 0 Å². The smallest absolute Gasteiger partial charge is 0.239 e. The molecule has 0 aromatic heterocycles. The minimum Gasteiger partial charge on any atom is -0.399 e. The van der Waals surface area contributed by atoms with Crippen molar-refractivity contribution in [2.75, 3.05) is 23.1 Å². The van der Waals surface area contributed by atoms with Crippen molar-refractivity contribution in [1.29, 1.82) is 0 Å². The molecule has 1 aromatic carbocycles. The summed E-state index contributed by atoms with van der Waals surface area (Å²) in [5, 5.41) is 2.52. The lowest BCUT2D eigenvalue weighted by atomic mass is 10.2. The highest BCUT2D eigenvalue weighted by Crippen LogP contribution is 2.17. The van der Waals surface area contributed by atoms with E-state index in [2.05, 4.69) is 5.32 Å². The Balaban J connectivity index is 2.78. The van der Waals surface area contributed by atoms with Gasteiger partial charge in [0.25, 0.3) is 0 Å². The first kappa shape index (κ1) is 12.5. The highest BCUT2D eigenvalue weighted by molar-refractivity contribution is 7.91. The normalized spacial score (nSPS) is 11.1. The van der Waals surface area contributed by atoms with E-state index in [0.29, 0.717) is 11.4 Å². The molecule has 0 aliphatic rings. The van der Waals surface area contributed by atoms with E-state index in [4.69, 9.17) is 5.73 Å². The van der Waals surface area contributed by atoms with E-state index < -0.39 is 21.5 Å². The van der Waals surface area contributed by atoms with Crippen LogP contribution in [0.15, 0.2) is 18.2 Å². The summed E-state index contributed by atoms with van der Waals surface area (Å²) in [6.45, 7) is 1.78. The van der Waals surface area contributed by atoms with Crippen LogP contribution in [0.25, 0.3) is 0 Å². The van der Waals surface area contributed by atoms with Gasteiger partial charge in [-0.05, 0) is 30.7 Å². The first-order chi connectivity index (χ1) is 7.28. The van der Waals surface area contributed by atoms with Crippen molar-refractivity contribution in [1.82, 2.24) is 0 Å². The number of rotatable bonds is 3. The van der Waals surface area contributed by atoms with Crippen molar-refractivity contribution >= 4 is 27.1 Å². The SMILES string of the molecule is Cc1cc(N)ccc1NC(=O)CS(C)(=O)=O. The second-order valence-corrected chi connectivity index (χ2v) is 5.83. The summed E-state index contributed by atoms with van der Waals surface area (Å²) in [5.41, 5.74) is 7.51. The summed E-state index contributed by atoms with van der Waals surface area (Å²) in [4.78, 5) is 11.3. The zero-order valence-electron chi connectivity index (χ0n) is 9.15. The van der Waals surface area contributed by atoms with Gasteiger partial charge in [-0.3, -0.25) is 4.79 Å². The number of amides is 1. The fourth-order valence-corrected chi connectivity index (χ4v) is 1.80. The fourth-order valence-electron chi connectivity index (χ4n) is 1.25. The Hall–Kier alpha value is -1.56. The van der Waals surface area contributed by atoms with Gasteiger partial charge in [-0.2, -0.15) is 0 Å². The maximum absolute atomic E-state index is 11.3. The van der Waals surface area contributed by atoms with Crippen LogP contribution >= 0.6 is 0 Å². The molecule has 3 N–H and O–H groups in total. The Morgan fingerprint density at radius 3 is 2.56 bits per heavy atom. The highest BCUT2D eigenvalue weighted by Gasteiger charge is 2.11. The molecule has 0 aliphatic carbocycles. The molecule has 0 bridgehead atoms. The molecule has 0 radical (unpaired) electrons. The average Bonchev–Trinajstić information content (AvgIpc) is 2.06. The van der Waals surface area contributed by atoms with Crippen LogP contribution in [0.5, 0.6) is 0 Å². The molecule has 0 heterocycles. The van der Waals surface area contributed by atoms with Gasteiger partial charge in [0.1, 0.15) is 5.75 Å². The Labute approximate surface area is 94.6 Å². The molecule has 0 unspecified atom stereocenters. The predicted octanol–water partition coefficient (Wildman–Crippen LogP) is 0.560. The number of sulfone groups is 1. The fraction of sp³-hybridized carbons (Fsp3) is 0.300. The van der Waals surface area contributed by atoms with E-state index >= 15 is 0 Å². The number of anilines is 2. The van der Waals surface area contributed by atoms with E-state index in [1.54, 1.807) is 25.1 Å². The third-order valence-electron chi connectivity index (χ3n) is 1.92. The van der Waals surface area contributed by atoms with Crippen LogP contribution in [-0.4, -0.2) is 26.3 Å². The molecule has 6 heteroatoms. The molecular formula is C10H14N2O3S. The van der Waals surface area contributed by atoms with Crippen molar-refractivity contribution < 1.29 is 13.2 Å². The van der Waals surface area contributed by atoms with Gasteiger partial charge in [0.2, 0.25) is 5.91 Å². The molecule has 0 aliphatic heterocycles. The lowest BCUT2D eigenvalue weighted by Crippen LogP contribution is -2.22. The number of hydrogen-bond donors (Lipinski definition) is 2. The number of aryl methyl sites for hydroxylation is 1. The van der Waals surface area contributed by atoms with E-state index in [0.717, 1.165) is 11.8 Å². The van der Waals surface area contributed by atoms with Gasteiger partial charge in [0.05, 0.1) is 0 Å². The molecule has 1 amide bonds. The summed E-state index contributed by atoms with van der Waals surface area (Å²) in [5.74, 6) is -1.06. The third-order valence-corrected chi connectivity index (χ3v) is 2.70. The summed E-state index contributed by atoms with van der Waals surface area (Å²) in [7, 11) is -3.30. The van der Waals surface area contributed by atoms with Crippen molar-refractivity contribution in [2.45, 2.75) is 6.92 Å². The number of nitrogens with two attached hydrogens (primary N) is 1. The third kappa shape index (κ3) is 3.90. The monoisotopic (exact) mass is 242 g/mol. The Kier molecular flexibility index (Phi) is 3.54. The molecule has 0 atom stereocenters. The van der Waals surface area contributed by atoms with Crippen LogP contribution in [0.3, 0.4) is 0 Å². The van der Waals surface area contributed by atoms with Crippen LogP contribution in [0.2, 0.25) is 0 Å². The molecule has 1 rings (SSSR count). The molecular weight excluding hydrogens is 228 g/mol. The van der Waals surface area contributed by atoms with Crippen LogP contribution in [0.4, 0.5) is 11.4 Å². The van der Waals surface area contributed by atoms with Crippen LogP contribution in [0, 0.1) is 6.92 Å². The standard InChI is InChI=1S/C10H14N2O3S/c1-7-5-8(11)3-4-9(7)12-10(13)6-16(2,14)15/h3-5H,6,11H2,1-2H3,(H,12,13). The Morgan fingerprint density at radius 2 is 2.06 bits per heavy atom. The summed E-state index contributed by atoms with van der Waals surface area (Å²) >= 11 is 0. The molecule has 5 nitrogen and oxygen atoms in total. The molecule has 0 spiro atoms. The predicted molar refractivity (Wildman–Crippen MR) is 63.9 cm³/mol. The van der Waals surface area contributed by atoms with Gasteiger partial charge in [-0.25, -0.2) is 8.42 Å². The summed E-state index contributed by atoms with van der Waals surface area (Å²) in [6.07, 6.45) is 1.02. The maximum atomic E-state index is 11.3. The van der Waals surface area contributed by atoms with Gasteiger partial charge in [0, 0.05) is 17.6 Å². The maximum Gasteiger partial charge on any atom is 0.239 e. The highest BCUT2D eigenvalue weighted by atomic mass is 32.2. The largest absolute Gasteiger partial charge is 0.399 e. The number of nitrogen functional groups attached to an aromatic ring is 1. The average molecular weight is 242 g/mol. The van der Waals surface area contributed by atoms with Crippen LogP contribution < -0.4 is 11.1 Å². The second-order valence-electron chi connectivity index (χ2n) is 3.69. The van der Waals surface area contributed by atoms with E-state index in [1.807, 2.05) is 0 Å². The Bertz CT molecular complexity index is 509. The molecule has 88 valence electrons. The minimum absolute atomic E-state index is 0.517. The molecule has 1 aromatic rings. The van der Waals surface area contributed by atoms with Gasteiger partial charge >= 0.3 is 0 Å². The van der Waals surface area contributed by atoms with Crippen molar-refractivity contribution in [3.05, 3.63) is 23.8 Å². The van der Waals surface area contributed by atoms with E-state index in [9.17, 15) is 13.2 Å². The lowest BCUT2D eigenvalue weighted by Gasteiger charge is -2.08. The van der Waals surface area contributed by atoms with Gasteiger partial charge < -0.3 is 11.1 Å². The van der Waals surface area contributed by atoms with Gasteiger partial charge in [-0.15, -0.1) is 0 Å².